The number of hydrogen-bond acceptors (Lipinski definition) is 6. The van der Waals surface area contributed by atoms with E-state index in [-0.39, 0.29) is 12.0 Å². The van der Waals surface area contributed by atoms with Gasteiger partial charge in [0.1, 0.15) is 5.82 Å². The molecular formula is C26H33N5O2S. The Bertz CT molecular complexity index is 1090. The van der Waals surface area contributed by atoms with E-state index in [0.29, 0.717) is 18.8 Å². The van der Waals surface area contributed by atoms with Gasteiger partial charge in [-0.1, -0.05) is 41.6 Å². The number of carbonyl (C=O) groups excluding carboxylic acids is 1. The fourth-order valence-corrected chi connectivity index (χ4v) is 4.95. The first-order valence-corrected chi connectivity index (χ1v) is 12.7. The Morgan fingerprint density at radius 2 is 1.82 bits per heavy atom. The van der Waals surface area contributed by atoms with Crippen LogP contribution in [0, 0.1) is 13.8 Å². The summed E-state index contributed by atoms with van der Waals surface area (Å²) < 4.78 is 7.84. The van der Waals surface area contributed by atoms with Crippen LogP contribution in [0.15, 0.2) is 53.7 Å². The lowest BCUT2D eigenvalue weighted by atomic mass is 10.1. The van der Waals surface area contributed by atoms with Gasteiger partial charge in [0.05, 0.1) is 11.9 Å². The molecule has 0 N–H and O–H groups in total. The van der Waals surface area contributed by atoms with Crippen LogP contribution in [0.25, 0.3) is 5.69 Å². The molecule has 3 aromatic rings. The van der Waals surface area contributed by atoms with Crippen molar-refractivity contribution in [2.24, 2.45) is 0 Å². The Morgan fingerprint density at radius 3 is 2.47 bits per heavy atom. The van der Waals surface area contributed by atoms with E-state index in [0.717, 1.165) is 47.4 Å². The molecule has 1 amide bonds. The molecule has 0 aliphatic carbocycles. The van der Waals surface area contributed by atoms with Crippen molar-refractivity contribution in [2.45, 2.75) is 44.5 Å². The van der Waals surface area contributed by atoms with Crippen molar-refractivity contribution >= 4 is 23.4 Å². The zero-order chi connectivity index (χ0) is 24.1. The van der Waals surface area contributed by atoms with Gasteiger partial charge in [-0.3, -0.25) is 9.36 Å². The lowest BCUT2D eigenvalue weighted by Gasteiger charge is -2.26. The second-order valence-corrected chi connectivity index (χ2v) is 9.90. The molecule has 2 heterocycles. The zero-order valence-corrected chi connectivity index (χ0v) is 21.2. The van der Waals surface area contributed by atoms with E-state index in [2.05, 4.69) is 70.6 Å². The van der Waals surface area contributed by atoms with Gasteiger partial charge in [-0.15, -0.1) is 10.2 Å². The van der Waals surface area contributed by atoms with Crippen LogP contribution in [-0.2, 0) is 16.1 Å². The number of aromatic nitrogens is 3. The minimum absolute atomic E-state index is 0.0771. The summed E-state index contributed by atoms with van der Waals surface area (Å²) in [5.74, 6) is 1.18. The summed E-state index contributed by atoms with van der Waals surface area (Å²) in [6.07, 6.45) is 2.16. The van der Waals surface area contributed by atoms with Gasteiger partial charge in [0.15, 0.2) is 5.16 Å². The number of ether oxygens (including phenoxy) is 1. The molecule has 1 aliphatic heterocycles. The fraction of sp³-hybridized carbons (Fsp3) is 0.423. The highest BCUT2D eigenvalue weighted by molar-refractivity contribution is 7.99. The first-order valence-electron chi connectivity index (χ1n) is 11.7. The predicted octanol–water partition coefficient (Wildman–Crippen LogP) is 4.25. The molecule has 1 atom stereocenters. The number of hydrogen-bond donors (Lipinski definition) is 0. The number of nitrogens with zero attached hydrogens (tertiary/aromatic N) is 5. The molecule has 0 spiro atoms. The third kappa shape index (κ3) is 5.98. The summed E-state index contributed by atoms with van der Waals surface area (Å²) >= 11 is 1.43. The van der Waals surface area contributed by atoms with E-state index < -0.39 is 0 Å². The van der Waals surface area contributed by atoms with Gasteiger partial charge in [0.25, 0.3) is 0 Å². The molecule has 0 bridgehead atoms. The van der Waals surface area contributed by atoms with Crippen LogP contribution < -0.4 is 4.90 Å². The Hall–Kier alpha value is -2.84. The molecule has 8 heteroatoms. The van der Waals surface area contributed by atoms with Crippen molar-refractivity contribution in [1.29, 1.82) is 0 Å². The number of thioether (sulfide) groups is 1. The van der Waals surface area contributed by atoms with Crippen LogP contribution in [0.5, 0.6) is 0 Å². The second kappa shape index (κ2) is 11.1. The van der Waals surface area contributed by atoms with Crippen LogP contribution >= 0.6 is 11.8 Å². The molecule has 1 fully saturated rings. The van der Waals surface area contributed by atoms with Crippen LogP contribution in [0.4, 0.5) is 5.69 Å². The smallest absolute Gasteiger partial charge is 0.233 e. The summed E-state index contributed by atoms with van der Waals surface area (Å²) in [5.41, 5.74) is 4.45. The number of carbonyl (C=O) groups is 1. The summed E-state index contributed by atoms with van der Waals surface area (Å²) in [6.45, 7) is 5.95. The Labute approximate surface area is 206 Å². The molecule has 0 saturated carbocycles. The Balaban J connectivity index is 1.47. The highest BCUT2D eigenvalue weighted by Gasteiger charge is 2.24. The molecule has 4 rings (SSSR count). The lowest BCUT2D eigenvalue weighted by Crippen LogP contribution is -2.38. The maximum Gasteiger partial charge on any atom is 0.233 e. The molecule has 1 aliphatic rings. The SMILES string of the molecule is Cc1ccc(-n2c(C)nnc2SCC(=O)N(Cc2ccc(N(C)C)cc2)C[C@@H]2CCCO2)cc1. The number of amides is 1. The Morgan fingerprint density at radius 1 is 1.09 bits per heavy atom. The van der Waals surface area contributed by atoms with Gasteiger partial charge in [-0.05, 0) is 56.5 Å². The largest absolute Gasteiger partial charge is 0.378 e. The highest BCUT2D eigenvalue weighted by atomic mass is 32.2. The molecule has 180 valence electrons. The summed E-state index contributed by atoms with van der Waals surface area (Å²) in [7, 11) is 4.05. The van der Waals surface area contributed by atoms with Crippen LogP contribution in [0.2, 0.25) is 0 Å². The average molecular weight is 480 g/mol. The second-order valence-electron chi connectivity index (χ2n) is 8.96. The van der Waals surface area contributed by atoms with Crippen molar-refractivity contribution < 1.29 is 9.53 Å². The molecule has 1 saturated heterocycles. The van der Waals surface area contributed by atoms with E-state index in [9.17, 15) is 4.79 Å². The third-order valence-corrected chi connectivity index (χ3v) is 6.95. The minimum Gasteiger partial charge on any atom is -0.378 e. The maximum atomic E-state index is 13.4. The molecule has 34 heavy (non-hydrogen) atoms. The first-order chi connectivity index (χ1) is 16.4. The number of aryl methyl sites for hydroxylation is 2. The van der Waals surface area contributed by atoms with Crippen LogP contribution in [0.3, 0.4) is 0 Å². The first kappa shape index (κ1) is 24.3. The van der Waals surface area contributed by atoms with E-state index >= 15 is 0 Å². The number of benzene rings is 2. The Kier molecular flexibility index (Phi) is 7.90. The number of rotatable bonds is 9. The van der Waals surface area contributed by atoms with Gasteiger partial charge in [-0.25, -0.2) is 0 Å². The van der Waals surface area contributed by atoms with Crippen molar-refractivity contribution in [2.75, 3.05) is 37.9 Å². The monoisotopic (exact) mass is 479 g/mol. The maximum absolute atomic E-state index is 13.4. The van der Waals surface area contributed by atoms with Gasteiger partial charge in [0.2, 0.25) is 5.91 Å². The summed E-state index contributed by atoms with van der Waals surface area (Å²) in [6, 6.07) is 16.6. The molecule has 7 nitrogen and oxygen atoms in total. The topological polar surface area (TPSA) is 63.5 Å². The van der Waals surface area contributed by atoms with Crippen molar-refractivity contribution in [3.8, 4) is 5.69 Å². The van der Waals surface area contributed by atoms with Gasteiger partial charge in [-0.2, -0.15) is 0 Å². The van der Waals surface area contributed by atoms with Crippen molar-refractivity contribution in [3.05, 3.63) is 65.5 Å². The minimum atomic E-state index is 0.0771. The van der Waals surface area contributed by atoms with E-state index in [1.165, 1.54) is 17.3 Å². The highest BCUT2D eigenvalue weighted by Crippen LogP contribution is 2.24. The molecule has 0 unspecified atom stereocenters. The quantitative estimate of drug-likeness (QED) is 0.428. The summed E-state index contributed by atoms with van der Waals surface area (Å²) in [4.78, 5) is 17.4. The molecule has 1 aromatic heterocycles. The zero-order valence-electron chi connectivity index (χ0n) is 20.4. The third-order valence-electron chi connectivity index (χ3n) is 6.04. The normalized spacial score (nSPS) is 15.5. The van der Waals surface area contributed by atoms with E-state index in [1.54, 1.807) is 0 Å². The van der Waals surface area contributed by atoms with Gasteiger partial charge >= 0.3 is 0 Å². The molecule has 2 aromatic carbocycles. The van der Waals surface area contributed by atoms with Crippen LogP contribution in [-0.4, -0.2) is 64.7 Å². The number of anilines is 1. The van der Waals surface area contributed by atoms with Crippen molar-refractivity contribution in [1.82, 2.24) is 19.7 Å². The standard InChI is InChI=1S/C26H33N5O2S/c1-19-7-11-23(12-8-19)31-20(2)27-28-26(31)34-18-25(32)30(17-24-6-5-15-33-24)16-21-9-13-22(14-10-21)29(3)4/h7-14,24H,5-6,15-18H2,1-4H3/t24-/m0/s1. The van der Waals surface area contributed by atoms with Crippen LogP contribution in [0.1, 0.15) is 29.8 Å². The van der Waals surface area contributed by atoms with Gasteiger partial charge < -0.3 is 14.5 Å². The van der Waals surface area contributed by atoms with Crippen molar-refractivity contribution in [3.63, 3.8) is 0 Å². The predicted molar refractivity (Wildman–Crippen MR) is 137 cm³/mol. The summed E-state index contributed by atoms with van der Waals surface area (Å²) in [5, 5.41) is 9.31. The van der Waals surface area contributed by atoms with E-state index in [4.69, 9.17) is 4.74 Å². The lowest BCUT2D eigenvalue weighted by molar-refractivity contribution is -0.130. The average Bonchev–Trinajstić information content (AvgIpc) is 3.47. The van der Waals surface area contributed by atoms with E-state index in [1.807, 2.05) is 30.5 Å². The van der Waals surface area contributed by atoms with Gasteiger partial charge in [0, 0.05) is 45.2 Å². The molecule has 0 radical (unpaired) electrons. The molecular weight excluding hydrogens is 446 g/mol. The fourth-order valence-electron chi connectivity index (χ4n) is 4.05.